The molecule has 0 saturated carbocycles. The summed E-state index contributed by atoms with van der Waals surface area (Å²) >= 11 is 2.45. The van der Waals surface area contributed by atoms with E-state index >= 15 is 0 Å². The predicted octanol–water partition coefficient (Wildman–Crippen LogP) is 9.56. The highest BCUT2D eigenvalue weighted by molar-refractivity contribution is 8.08. The van der Waals surface area contributed by atoms with E-state index in [2.05, 4.69) is 20.8 Å². The van der Waals surface area contributed by atoms with E-state index in [4.69, 9.17) is 9.47 Å². The number of fused-ring (bicyclic) bond motifs is 2. The second-order valence-electron chi connectivity index (χ2n) is 10.8. The van der Waals surface area contributed by atoms with Crippen LogP contribution in [0.1, 0.15) is 113 Å². The Balaban J connectivity index is 1.50. The van der Waals surface area contributed by atoms with Crippen LogP contribution in [0.4, 0.5) is 5.69 Å². The first-order valence-corrected chi connectivity index (χ1v) is 16.4. The number of benzene rings is 2. The van der Waals surface area contributed by atoms with Crippen LogP contribution >= 0.6 is 23.5 Å². The average Bonchev–Trinajstić information content (AvgIpc) is 3.43. The van der Waals surface area contributed by atoms with E-state index in [0.29, 0.717) is 26.0 Å². The number of hydrogen-bond acceptors (Lipinski definition) is 8. The Labute approximate surface area is 251 Å². The summed E-state index contributed by atoms with van der Waals surface area (Å²) in [5.74, 6) is 0.281. The van der Waals surface area contributed by atoms with Crippen LogP contribution in [-0.4, -0.2) is 28.7 Å². The van der Waals surface area contributed by atoms with Gasteiger partial charge in [-0.15, -0.1) is 0 Å². The Morgan fingerprint density at radius 2 is 1.32 bits per heavy atom. The number of Topliss-reactive ketones (excluding diaryl/α,β-unsaturated/α-hetero) is 2. The molecule has 220 valence electrons. The van der Waals surface area contributed by atoms with Crippen LogP contribution in [0.5, 0.6) is 11.5 Å². The molecule has 2 heterocycles. The second-order valence-corrected chi connectivity index (χ2v) is 12.9. The zero-order valence-electron chi connectivity index (χ0n) is 24.3. The fourth-order valence-corrected chi connectivity index (χ4v) is 7.38. The Morgan fingerprint density at radius 3 is 1.90 bits per heavy atom. The van der Waals surface area contributed by atoms with Gasteiger partial charge in [0, 0.05) is 33.1 Å². The van der Waals surface area contributed by atoms with Gasteiger partial charge >= 0.3 is 5.69 Å². The first-order chi connectivity index (χ1) is 19.7. The molecular weight excluding hydrogens is 558 g/mol. The average molecular weight is 598 g/mol. The second kappa shape index (κ2) is 14.4. The van der Waals surface area contributed by atoms with Crippen molar-refractivity contribution >= 4 is 40.8 Å². The molecule has 0 aromatic heterocycles. The van der Waals surface area contributed by atoms with Crippen molar-refractivity contribution in [3.8, 4) is 11.5 Å². The van der Waals surface area contributed by atoms with Crippen LogP contribution in [0.25, 0.3) is 0 Å². The standard InChI is InChI=1S/C32H39NO6S2/c1-5-7-9-11-13-20(3)38-22-15-16-23-27(17-22)40-31(29(23)34)32-30(35)24-18-25(33(36)37)26(19-28(24)41-32)39-21(4)14-12-10-8-6-2/h15-21H,5-14H2,1-4H3/b32-31+/t20-,21-/m1/s1. The number of ether oxygens (including phenoxy) is 2. The first-order valence-electron chi connectivity index (χ1n) is 14.7. The van der Waals surface area contributed by atoms with E-state index in [9.17, 15) is 19.7 Å². The van der Waals surface area contributed by atoms with Gasteiger partial charge in [-0.2, -0.15) is 0 Å². The van der Waals surface area contributed by atoms with Crippen molar-refractivity contribution < 1.29 is 24.0 Å². The topological polar surface area (TPSA) is 95.7 Å². The lowest BCUT2D eigenvalue weighted by molar-refractivity contribution is -0.386. The molecule has 2 atom stereocenters. The van der Waals surface area contributed by atoms with Crippen molar-refractivity contribution in [3.05, 3.63) is 61.4 Å². The lowest BCUT2D eigenvalue weighted by Crippen LogP contribution is -2.13. The van der Waals surface area contributed by atoms with E-state index in [0.717, 1.165) is 49.8 Å². The molecule has 0 spiro atoms. The quantitative estimate of drug-likeness (QED) is 0.0867. The van der Waals surface area contributed by atoms with Crippen molar-refractivity contribution in [1.82, 2.24) is 0 Å². The molecule has 0 fully saturated rings. The van der Waals surface area contributed by atoms with Gasteiger partial charge < -0.3 is 9.47 Å². The molecule has 2 aromatic carbocycles. The maximum Gasteiger partial charge on any atom is 0.311 e. The fraction of sp³-hybridized carbons (Fsp3) is 0.500. The molecule has 41 heavy (non-hydrogen) atoms. The zero-order valence-corrected chi connectivity index (χ0v) is 26.0. The van der Waals surface area contributed by atoms with E-state index in [1.54, 1.807) is 12.1 Å². The van der Waals surface area contributed by atoms with Crippen molar-refractivity contribution in [1.29, 1.82) is 0 Å². The lowest BCUT2D eigenvalue weighted by Gasteiger charge is -2.15. The number of carbonyl (C=O) groups is 2. The van der Waals surface area contributed by atoms with Crippen LogP contribution in [0.15, 0.2) is 49.9 Å². The summed E-state index contributed by atoms with van der Waals surface area (Å²) in [5.41, 5.74) is 0.540. The van der Waals surface area contributed by atoms with Gasteiger partial charge in [0.1, 0.15) is 5.75 Å². The zero-order chi connectivity index (χ0) is 29.5. The van der Waals surface area contributed by atoms with Gasteiger partial charge in [0.2, 0.25) is 11.6 Å². The SMILES string of the molecule is CCCCCC[C@@H](C)Oc1ccc2c(c1)S/C(=C1/Sc3cc(O[C@H](C)CCCCCC)c([N+](=O)[O-])cc3C1=O)C2=O. The molecule has 0 unspecified atom stereocenters. The Bertz CT molecular complexity index is 1340. The number of nitro groups is 1. The lowest BCUT2D eigenvalue weighted by atomic mass is 10.1. The van der Waals surface area contributed by atoms with Crippen molar-refractivity contribution in [2.24, 2.45) is 0 Å². The summed E-state index contributed by atoms with van der Waals surface area (Å²) in [6.07, 6.45) is 10.7. The highest BCUT2D eigenvalue weighted by Crippen LogP contribution is 2.52. The molecule has 0 bridgehead atoms. The number of allylic oxidation sites excluding steroid dienone is 2. The van der Waals surface area contributed by atoms with Gasteiger partial charge in [0.05, 0.1) is 26.9 Å². The van der Waals surface area contributed by atoms with Crippen LogP contribution in [0, 0.1) is 10.1 Å². The highest BCUT2D eigenvalue weighted by Gasteiger charge is 2.38. The summed E-state index contributed by atoms with van der Waals surface area (Å²) in [6.45, 7) is 8.30. The summed E-state index contributed by atoms with van der Waals surface area (Å²) < 4.78 is 12.1. The monoisotopic (exact) mass is 597 g/mol. The molecule has 0 saturated heterocycles. The largest absolute Gasteiger partial charge is 0.491 e. The minimum absolute atomic E-state index is 0.0672. The molecule has 0 aliphatic carbocycles. The summed E-state index contributed by atoms with van der Waals surface area (Å²) in [7, 11) is 0. The van der Waals surface area contributed by atoms with E-state index in [1.165, 1.54) is 48.9 Å². The normalized spacial score (nSPS) is 17.4. The van der Waals surface area contributed by atoms with E-state index < -0.39 is 4.92 Å². The molecule has 2 aliphatic rings. The fourth-order valence-electron chi connectivity index (χ4n) is 5.04. The molecule has 0 N–H and O–H groups in total. The highest BCUT2D eigenvalue weighted by atomic mass is 32.2. The number of rotatable bonds is 15. The molecule has 2 aromatic rings. The third kappa shape index (κ3) is 7.55. The van der Waals surface area contributed by atoms with Crippen LogP contribution in [0.2, 0.25) is 0 Å². The number of ketones is 2. The van der Waals surface area contributed by atoms with Crippen molar-refractivity contribution in [3.63, 3.8) is 0 Å². The maximum absolute atomic E-state index is 13.4. The van der Waals surface area contributed by atoms with Crippen LogP contribution in [-0.2, 0) is 0 Å². The summed E-state index contributed by atoms with van der Waals surface area (Å²) in [4.78, 5) is 40.1. The number of nitrogens with zero attached hydrogens (tertiary/aromatic N) is 1. The smallest absolute Gasteiger partial charge is 0.311 e. The molecule has 9 heteroatoms. The van der Waals surface area contributed by atoms with E-state index in [1.807, 2.05) is 19.1 Å². The first kappa shape index (κ1) is 31.2. The molecule has 7 nitrogen and oxygen atoms in total. The Kier molecular flexibility index (Phi) is 10.9. The molecule has 0 radical (unpaired) electrons. The Morgan fingerprint density at radius 1 is 0.756 bits per heavy atom. The number of carbonyl (C=O) groups excluding carboxylic acids is 2. The van der Waals surface area contributed by atoms with Gasteiger partial charge in [-0.1, -0.05) is 75.9 Å². The van der Waals surface area contributed by atoms with Crippen molar-refractivity contribution in [2.45, 2.75) is 114 Å². The third-order valence-corrected chi connectivity index (χ3v) is 9.77. The minimum atomic E-state index is -0.514. The van der Waals surface area contributed by atoms with Gasteiger partial charge in [0.15, 0.2) is 5.75 Å². The van der Waals surface area contributed by atoms with Crippen LogP contribution in [0.3, 0.4) is 0 Å². The third-order valence-electron chi connectivity index (χ3n) is 7.34. The van der Waals surface area contributed by atoms with Gasteiger partial charge in [-0.25, -0.2) is 0 Å². The number of nitro benzene ring substituents is 1. The minimum Gasteiger partial charge on any atom is -0.491 e. The summed E-state index contributed by atoms with van der Waals surface area (Å²) in [5, 5.41) is 11.9. The summed E-state index contributed by atoms with van der Waals surface area (Å²) in [6, 6.07) is 8.30. The predicted molar refractivity (Wildman–Crippen MR) is 165 cm³/mol. The van der Waals surface area contributed by atoms with Crippen LogP contribution < -0.4 is 9.47 Å². The maximum atomic E-state index is 13.4. The molecule has 2 aliphatic heterocycles. The molecule has 0 amide bonds. The Hall–Kier alpha value is -2.78. The van der Waals surface area contributed by atoms with E-state index in [-0.39, 0.29) is 40.8 Å². The van der Waals surface area contributed by atoms with Gasteiger partial charge in [0.25, 0.3) is 0 Å². The molecular formula is C32H39NO6S2. The number of unbranched alkanes of at least 4 members (excludes halogenated alkanes) is 6. The molecule has 4 rings (SSSR count). The number of thioether (sulfide) groups is 2. The number of hydrogen-bond donors (Lipinski definition) is 0. The van der Waals surface area contributed by atoms with Gasteiger partial charge in [-0.3, -0.25) is 19.7 Å². The van der Waals surface area contributed by atoms with Gasteiger partial charge in [-0.05, 0) is 57.7 Å². The van der Waals surface area contributed by atoms with Crippen molar-refractivity contribution in [2.75, 3.05) is 0 Å².